The molecule has 0 aliphatic heterocycles. The van der Waals surface area contributed by atoms with E-state index in [1.54, 1.807) is 18.3 Å². The summed E-state index contributed by atoms with van der Waals surface area (Å²) in [7, 11) is 0. The van der Waals surface area contributed by atoms with Crippen molar-refractivity contribution in [2.75, 3.05) is 11.9 Å². The molecule has 0 saturated carbocycles. The largest absolute Gasteiger partial charge is 0.386 e. The molecule has 0 unspecified atom stereocenters. The molecule has 22 heavy (non-hydrogen) atoms. The van der Waals surface area contributed by atoms with E-state index < -0.39 is 0 Å². The number of oxime groups is 1. The molecule has 1 N–H and O–H groups in total. The second-order valence-electron chi connectivity index (χ2n) is 4.90. The zero-order chi connectivity index (χ0) is 15.9. The topological polar surface area (TPSA) is 50.7 Å². The molecule has 0 atom stereocenters. The maximum absolute atomic E-state index is 11.8. The Morgan fingerprint density at radius 3 is 2.77 bits per heavy atom. The standard InChI is InChI=1S/C17H17ClN2O2/c1-12-7-8-16(15(18)9-12)20-17(21)11-22-19-10-14-6-4-3-5-13(14)2/h3-10H,11H2,1-2H3,(H,20,21)/b19-10-. The van der Waals surface area contributed by atoms with Crippen molar-refractivity contribution >= 4 is 29.4 Å². The van der Waals surface area contributed by atoms with E-state index in [2.05, 4.69) is 10.5 Å². The number of halogens is 1. The van der Waals surface area contributed by atoms with Gasteiger partial charge in [0.15, 0.2) is 6.61 Å². The first-order valence-corrected chi connectivity index (χ1v) is 7.21. The van der Waals surface area contributed by atoms with E-state index >= 15 is 0 Å². The zero-order valence-corrected chi connectivity index (χ0v) is 13.2. The van der Waals surface area contributed by atoms with E-state index in [1.165, 1.54) is 0 Å². The maximum Gasteiger partial charge on any atom is 0.265 e. The number of nitrogens with one attached hydrogen (secondary N) is 1. The number of benzene rings is 2. The maximum atomic E-state index is 11.8. The Labute approximate surface area is 134 Å². The summed E-state index contributed by atoms with van der Waals surface area (Å²) in [5.41, 5.74) is 3.63. The lowest BCUT2D eigenvalue weighted by molar-refractivity contribution is -0.120. The van der Waals surface area contributed by atoms with Crippen LogP contribution in [0.15, 0.2) is 47.6 Å². The fraction of sp³-hybridized carbons (Fsp3) is 0.176. The summed E-state index contributed by atoms with van der Waals surface area (Å²) in [5.74, 6) is -0.312. The first-order chi connectivity index (χ1) is 10.6. The number of hydrogen-bond acceptors (Lipinski definition) is 3. The minimum atomic E-state index is -0.312. The van der Waals surface area contributed by atoms with Crippen molar-refractivity contribution in [1.29, 1.82) is 0 Å². The minimum absolute atomic E-state index is 0.174. The normalized spacial score (nSPS) is 10.7. The van der Waals surface area contributed by atoms with E-state index in [0.717, 1.165) is 16.7 Å². The first kappa shape index (κ1) is 16.0. The van der Waals surface area contributed by atoms with Gasteiger partial charge in [0.1, 0.15) is 0 Å². The van der Waals surface area contributed by atoms with Crippen molar-refractivity contribution in [3.63, 3.8) is 0 Å². The predicted octanol–water partition coefficient (Wildman–Crippen LogP) is 3.95. The Morgan fingerprint density at radius 1 is 1.27 bits per heavy atom. The second kappa shape index (κ2) is 7.61. The van der Waals surface area contributed by atoms with Gasteiger partial charge in [-0.05, 0) is 42.7 Å². The second-order valence-corrected chi connectivity index (χ2v) is 5.30. The molecule has 0 heterocycles. The third kappa shape index (κ3) is 4.60. The molecule has 0 aromatic heterocycles. The van der Waals surface area contributed by atoms with Gasteiger partial charge in [-0.15, -0.1) is 0 Å². The van der Waals surface area contributed by atoms with Crippen LogP contribution in [-0.2, 0) is 9.63 Å². The van der Waals surface area contributed by atoms with Crippen molar-refractivity contribution in [3.05, 3.63) is 64.2 Å². The van der Waals surface area contributed by atoms with Crippen molar-refractivity contribution in [2.45, 2.75) is 13.8 Å². The first-order valence-electron chi connectivity index (χ1n) is 6.83. The van der Waals surface area contributed by atoms with Crippen molar-refractivity contribution < 1.29 is 9.63 Å². The van der Waals surface area contributed by atoms with Gasteiger partial charge in [-0.1, -0.05) is 47.1 Å². The van der Waals surface area contributed by atoms with Crippen molar-refractivity contribution in [1.82, 2.24) is 0 Å². The quantitative estimate of drug-likeness (QED) is 0.671. The molecule has 0 radical (unpaired) electrons. The fourth-order valence-corrected chi connectivity index (χ4v) is 2.11. The average molecular weight is 317 g/mol. The Morgan fingerprint density at radius 2 is 2.05 bits per heavy atom. The third-order valence-corrected chi connectivity index (χ3v) is 3.36. The number of anilines is 1. The highest BCUT2D eigenvalue weighted by Gasteiger charge is 2.06. The van der Waals surface area contributed by atoms with E-state index in [9.17, 15) is 4.79 Å². The van der Waals surface area contributed by atoms with Crippen molar-refractivity contribution in [3.8, 4) is 0 Å². The molecule has 2 aromatic rings. The van der Waals surface area contributed by atoms with Gasteiger partial charge in [-0.3, -0.25) is 4.79 Å². The number of carbonyl (C=O) groups excluding carboxylic acids is 1. The lowest BCUT2D eigenvalue weighted by Crippen LogP contribution is -2.17. The van der Waals surface area contributed by atoms with Crippen LogP contribution in [0.4, 0.5) is 5.69 Å². The third-order valence-electron chi connectivity index (χ3n) is 3.05. The molecule has 0 aliphatic rings. The molecule has 0 fully saturated rings. The highest BCUT2D eigenvalue weighted by molar-refractivity contribution is 6.33. The summed E-state index contributed by atoms with van der Waals surface area (Å²) >= 11 is 6.05. The molecule has 2 rings (SSSR count). The van der Waals surface area contributed by atoms with E-state index in [1.807, 2.05) is 44.2 Å². The minimum Gasteiger partial charge on any atom is -0.386 e. The molecule has 0 spiro atoms. The van der Waals surface area contributed by atoms with Gasteiger partial charge in [-0.25, -0.2) is 0 Å². The van der Waals surface area contributed by atoms with E-state index in [-0.39, 0.29) is 12.5 Å². The van der Waals surface area contributed by atoms with Crippen LogP contribution in [0.1, 0.15) is 16.7 Å². The van der Waals surface area contributed by atoms with Crippen LogP contribution in [0.5, 0.6) is 0 Å². The summed E-state index contributed by atoms with van der Waals surface area (Å²) in [5, 5.41) is 6.98. The SMILES string of the molecule is Cc1ccc(NC(=O)CO/N=C\c2ccccc2C)c(Cl)c1. The summed E-state index contributed by atoms with van der Waals surface area (Å²) in [6, 6.07) is 13.2. The molecule has 5 heteroatoms. The zero-order valence-electron chi connectivity index (χ0n) is 12.5. The molecular weight excluding hydrogens is 300 g/mol. The highest BCUT2D eigenvalue weighted by atomic mass is 35.5. The van der Waals surface area contributed by atoms with Crippen LogP contribution in [0, 0.1) is 13.8 Å². The number of carbonyl (C=O) groups is 1. The van der Waals surface area contributed by atoms with Crippen LogP contribution in [0.25, 0.3) is 0 Å². The molecule has 2 aromatic carbocycles. The fourth-order valence-electron chi connectivity index (χ4n) is 1.83. The van der Waals surface area contributed by atoms with Crippen LogP contribution in [-0.4, -0.2) is 18.7 Å². The molecular formula is C17H17ClN2O2. The van der Waals surface area contributed by atoms with Gasteiger partial charge in [-0.2, -0.15) is 0 Å². The number of amides is 1. The summed E-state index contributed by atoms with van der Waals surface area (Å²) in [6.07, 6.45) is 1.58. The smallest absolute Gasteiger partial charge is 0.265 e. The highest BCUT2D eigenvalue weighted by Crippen LogP contribution is 2.22. The molecule has 0 bridgehead atoms. The van der Waals surface area contributed by atoms with E-state index in [4.69, 9.17) is 16.4 Å². The molecule has 0 aliphatic carbocycles. The monoisotopic (exact) mass is 316 g/mol. The molecule has 0 saturated heterocycles. The van der Waals surface area contributed by atoms with Gasteiger partial charge >= 0.3 is 0 Å². The Hall–Kier alpha value is -2.33. The summed E-state index contributed by atoms with van der Waals surface area (Å²) in [6.45, 7) is 3.74. The Bertz CT molecular complexity index is 699. The van der Waals surface area contributed by atoms with Gasteiger partial charge in [0, 0.05) is 0 Å². The summed E-state index contributed by atoms with van der Waals surface area (Å²) < 4.78 is 0. The number of aryl methyl sites for hydroxylation is 2. The Balaban J connectivity index is 1.84. The van der Waals surface area contributed by atoms with Crippen LogP contribution in [0.3, 0.4) is 0 Å². The summed E-state index contributed by atoms with van der Waals surface area (Å²) in [4.78, 5) is 16.8. The lowest BCUT2D eigenvalue weighted by Gasteiger charge is -2.07. The number of hydrogen-bond donors (Lipinski definition) is 1. The van der Waals surface area contributed by atoms with Crippen LogP contribution < -0.4 is 5.32 Å². The predicted molar refractivity (Wildman–Crippen MR) is 89.5 cm³/mol. The van der Waals surface area contributed by atoms with Gasteiger partial charge in [0.05, 0.1) is 16.9 Å². The van der Waals surface area contributed by atoms with Gasteiger partial charge in [0.25, 0.3) is 5.91 Å². The Kier molecular flexibility index (Phi) is 5.55. The lowest BCUT2D eigenvalue weighted by atomic mass is 10.1. The van der Waals surface area contributed by atoms with Crippen molar-refractivity contribution in [2.24, 2.45) is 5.16 Å². The van der Waals surface area contributed by atoms with E-state index in [0.29, 0.717) is 10.7 Å². The van der Waals surface area contributed by atoms with Gasteiger partial charge in [0.2, 0.25) is 0 Å². The average Bonchev–Trinajstić information content (AvgIpc) is 2.48. The number of nitrogens with zero attached hydrogens (tertiary/aromatic N) is 1. The molecule has 4 nitrogen and oxygen atoms in total. The number of rotatable bonds is 5. The van der Waals surface area contributed by atoms with Crippen LogP contribution in [0.2, 0.25) is 5.02 Å². The molecule has 1 amide bonds. The van der Waals surface area contributed by atoms with Gasteiger partial charge < -0.3 is 10.2 Å². The molecule has 114 valence electrons. The van der Waals surface area contributed by atoms with Crippen LogP contribution >= 0.6 is 11.6 Å².